The van der Waals surface area contributed by atoms with Gasteiger partial charge in [-0.1, -0.05) is 0 Å². The van der Waals surface area contributed by atoms with Gasteiger partial charge in [-0.05, 0) is 6.92 Å². The lowest BCUT2D eigenvalue weighted by Gasteiger charge is -2.08. The summed E-state index contributed by atoms with van der Waals surface area (Å²) >= 11 is 0. The molecule has 0 spiro atoms. The van der Waals surface area contributed by atoms with Gasteiger partial charge in [0.05, 0.1) is 6.07 Å². The van der Waals surface area contributed by atoms with Gasteiger partial charge in [0.1, 0.15) is 12.6 Å². The van der Waals surface area contributed by atoms with Gasteiger partial charge in [0.15, 0.2) is 0 Å². The van der Waals surface area contributed by atoms with Gasteiger partial charge in [-0.2, -0.15) is 5.26 Å². The van der Waals surface area contributed by atoms with E-state index in [2.05, 4.69) is 5.32 Å². The Hall–Kier alpha value is -2.10. The van der Waals surface area contributed by atoms with Gasteiger partial charge in [-0.3, -0.25) is 14.4 Å². The third-order valence-electron chi connectivity index (χ3n) is 1.31. The highest BCUT2D eigenvalue weighted by Gasteiger charge is 2.17. The number of nitrogens with one attached hydrogen (secondary N) is 2. The first-order valence-corrected chi connectivity index (χ1v) is 3.74. The van der Waals surface area contributed by atoms with E-state index in [0.29, 0.717) is 0 Å². The topological polar surface area (TPSA) is 125 Å². The molecule has 0 aliphatic heterocycles. The van der Waals surface area contributed by atoms with Crippen LogP contribution in [0.1, 0.15) is 6.92 Å². The predicted octanol–water partition coefficient (Wildman–Crippen LogP) is -2.38. The van der Waals surface area contributed by atoms with Crippen LogP contribution in [0.2, 0.25) is 0 Å². The molecule has 1 unspecified atom stereocenters. The minimum Gasteiger partial charge on any atom is -0.368 e. The van der Waals surface area contributed by atoms with Gasteiger partial charge in [0.25, 0.3) is 0 Å². The summed E-state index contributed by atoms with van der Waals surface area (Å²) in [7, 11) is 0. The van der Waals surface area contributed by atoms with Crippen molar-refractivity contribution in [1.82, 2.24) is 10.6 Å². The van der Waals surface area contributed by atoms with Crippen LogP contribution in [0.15, 0.2) is 0 Å². The summed E-state index contributed by atoms with van der Waals surface area (Å²) in [5, 5.41) is 12.2. The van der Waals surface area contributed by atoms with Gasteiger partial charge in [0, 0.05) is 0 Å². The zero-order valence-corrected chi connectivity index (χ0v) is 7.53. The van der Waals surface area contributed by atoms with Gasteiger partial charge in [0.2, 0.25) is 5.91 Å². The summed E-state index contributed by atoms with van der Waals surface area (Å²) in [6.45, 7) is 1.08. The van der Waals surface area contributed by atoms with Crippen molar-refractivity contribution in [3.8, 4) is 6.07 Å². The molecule has 7 heteroatoms. The number of amides is 3. The van der Waals surface area contributed by atoms with Crippen LogP contribution in [0.25, 0.3) is 0 Å². The van der Waals surface area contributed by atoms with Gasteiger partial charge in [-0.25, -0.2) is 0 Å². The van der Waals surface area contributed by atoms with Crippen molar-refractivity contribution >= 4 is 17.7 Å². The summed E-state index contributed by atoms with van der Waals surface area (Å²) in [6.07, 6.45) is 0. The molecule has 1 atom stereocenters. The lowest BCUT2D eigenvalue weighted by molar-refractivity contribution is -0.140. The van der Waals surface area contributed by atoms with Gasteiger partial charge in [-0.15, -0.1) is 0 Å². The number of nitrogens with zero attached hydrogens (tertiary/aromatic N) is 1. The molecule has 3 amide bonds. The van der Waals surface area contributed by atoms with Crippen LogP contribution >= 0.6 is 0 Å². The zero-order chi connectivity index (χ0) is 11.1. The molecule has 0 heterocycles. The van der Waals surface area contributed by atoms with Gasteiger partial charge >= 0.3 is 11.8 Å². The highest BCUT2D eigenvalue weighted by atomic mass is 16.2. The molecule has 76 valence electrons. The molecule has 0 aliphatic rings. The van der Waals surface area contributed by atoms with E-state index in [-0.39, 0.29) is 6.54 Å². The molecule has 0 aliphatic carbocycles. The Kier molecular flexibility index (Phi) is 4.70. The van der Waals surface area contributed by atoms with Crippen LogP contribution in [0.4, 0.5) is 0 Å². The molecule has 0 bridgehead atoms. The lowest BCUT2D eigenvalue weighted by atomic mass is 10.3. The number of rotatable bonds is 3. The number of carbonyl (C=O) groups excluding carboxylic acids is 3. The fourth-order valence-electron chi connectivity index (χ4n) is 0.533. The first-order chi connectivity index (χ1) is 6.49. The Morgan fingerprint density at radius 1 is 1.43 bits per heavy atom. The van der Waals surface area contributed by atoms with Crippen molar-refractivity contribution in [3.05, 3.63) is 0 Å². The van der Waals surface area contributed by atoms with Crippen LogP contribution < -0.4 is 16.4 Å². The smallest absolute Gasteiger partial charge is 0.310 e. The Morgan fingerprint density at radius 3 is 2.43 bits per heavy atom. The third-order valence-corrected chi connectivity index (χ3v) is 1.31. The second-order valence-electron chi connectivity index (χ2n) is 2.44. The second kappa shape index (κ2) is 5.53. The van der Waals surface area contributed by atoms with E-state index in [9.17, 15) is 14.4 Å². The summed E-state index contributed by atoms with van der Waals surface area (Å²) in [5.41, 5.74) is 4.85. The number of nitrogens with two attached hydrogens (primary N) is 1. The summed E-state index contributed by atoms with van der Waals surface area (Å²) in [5.74, 6) is -2.71. The maximum absolute atomic E-state index is 10.9. The highest BCUT2D eigenvalue weighted by Crippen LogP contribution is 1.79. The minimum atomic E-state index is -0.994. The average Bonchev–Trinajstić information content (AvgIpc) is 2.13. The molecule has 14 heavy (non-hydrogen) atoms. The van der Waals surface area contributed by atoms with Crippen molar-refractivity contribution in [1.29, 1.82) is 5.26 Å². The molecule has 4 N–H and O–H groups in total. The van der Waals surface area contributed by atoms with E-state index in [1.165, 1.54) is 6.92 Å². The molecule has 0 aromatic rings. The molecule has 0 aromatic carbocycles. The molecule has 0 fully saturated rings. The quantitative estimate of drug-likeness (QED) is 0.345. The van der Waals surface area contributed by atoms with E-state index >= 15 is 0 Å². The highest BCUT2D eigenvalue weighted by molar-refractivity contribution is 6.35. The third kappa shape index (κ3) is 4.06. The zero-order valence-electron chi connectivity index (χ0n) is 7.53. The lowest BCUT2D eigenvalue weighted by Crippen LogP contribution is -2.48. The van der Waals surface area contributed by atoms with Crippen molar-refractivity contribution in [2.24, 2.45) is 5.73 Å². The number of primary amides is 1. The van der Waals surface area contributed by atoms with E-state index in [0.717, 1.165) is 0 Å². The molecular formula is C7H10N4O3. The molecule has 0 saturated heterocycles. The number of hydrogen-bond acceptors (Lipinski definition) is 4. The number of nitriles is 1. The summed E-state index contributed by atoms with van der Waals surface area (Å²) in [6, 6.07) is 0.705. The monoisotopic (exact) mass is 198 g/mol. The number of carbonyl (C=O) groups is 3. The fraction of sp³-hybridized carbons (Fsp3) is 0.429. The maximum atomic E-state index is 10.9. The standard InChI is InChI=1S/C7H10N4O3/c1-4(5(9)12)11-7(14)6(13)10-3-2-8/h4H,3H2,1H3,(H2,9,12)(H,10,13)(H,11,14). The van der Waals surface area contributed by atoms with Crippen LogP contribution in [-0.4, -0.2) is 30.3 Å². The molecule has 0 radical (unpaired) electrons. The van der Waals surface area contributed by atoms with E-state index < -0.39 is 23.8 Å². The van der Waals surface area contributed by atoms with Crippen molar-refractivity contribution in [3.63, 3.8) is 0 Å². The number of hydrogen-bond donors (Lipinski definition) is 3. The average molecular weight is 198 g/mol. The normalized spacial score (nSPS) is 10.9. The molecule has 7 nitrogen and oxygen atoms in total. The summed E-state index contributed by atoms with van der Waals surface area (Å²) < 4.78 is 0. The first kappa shape index (κ1) is 11.9. The Bertz CT molecular complexity index is 294. The minimum absolute atomic E-state index is 0.267. The van der Waals surface area contributed by atoms with Crippen LogP contribution in [-0.2, 0) is 14.4 Å². The van der Waals surface area contributed by atoms with Crippen LogP contribution in [0.3, 0.4) is 0 Å². The fourth-order valence-corrected chi connectivity index (χ4v) is 0.533. The van der Waals surface area contributed by atoms with Gasteiger partial charge < -0.3 is 16.4 Å². The second-order valence-corrected chi connectivity index (χ2v) is 2.44. The van der Waals surface area contributed by atoms with Crippen LogP contribution in [0.5, 0.6) is 0 Å². The Labute approximate surface area is 80.2 Å². The first-order valence-electron chi connectivity index (χ1n) is 3.74. The van der Waals surface area contributed by atoms with E-state index in [1.807, 2.05) is 5.32 Å². The van der Waals surface area contributed by atoms with E-state index in [1.54, 1.807) is 6.07 Å². The molecule has 0 saturated carbocycles. The molecule has 0 rings (SSSR count). The molecule has 0 aromatic heterocycles. The van der Waals surface area contributed by atoms with Crippen molar-refractivity contribution in [2.45, 2.75) is 13.0 Å². The van der Waals surface area contributed by atoms with Crippen LogP contribution in [0, 0.1) is 11.3 Å². The van der Waals surface area contributed by atoms with Crippen molar-refractivity contribution in [2.75, 3.05) is 6.54 Å². The summed E-state index contributed by atoms with van der Waals surface area (Å²) in [4.78, 5) is 32.3. The predicted molar refractivity (Wildman–Crippen MR) is 45.4 cm³/mol. The maximum Gasteiger partial charge on any atom is 0.310 e. The Balaban J connectivity index is 4.03. The molecular weight excluding hydrogens is 188 g/mol. The van der Waals surface area contributed by atoms with Crippen molar-refractivity contribution < 1.29 is 14.4 Å². The SMILES string of the molecule is CC(NC(=O)C(=O)NCC#N)C(N)=O. The van der Waals surface area contributed by atoms with E-state index in [4.69, 9.17) is 11.0 Å². The Morgan fingerprint density at radius 2 is 2.00 bits per heavy atom. The largest absolute Gasteiger partial charge is 0.368 e.